The Hall–Kier alpha value is -0.0800. The summed E-state index contributed by atoms with van der Waals surface area (Å²) in [6, 6.07) is 0.494. The first-order chi connectivity index (χ1) is 7.83. The molecule has 0 heterocycles. The molecule has 16 heavy (non-hydrogen) atoms. The fourth-order valence-corrected chi connectivity index (χ4v) is 1.68. The Kier molecular flexibility index (Phi) is 27.0. The van der Waals surface area contributed by atoms with Gasteiger partial charge < -0.3 is 11.1 Å². The Morgan fingerprint density at radius 2 is 1.25 bits per heavy atom. The average molecular weight is 232 g/mol. The normalized spacial score (nSPS) is 22.5. The van der Waals surface area contributed by atoms with Gasteiger partial charge in [0.2, 0.25) is 0 Å². The lowest BCUT2D eigenvalue weighted by molar-refractivity contribution is 0.320. The molecular formula is C14H36N2. The van der Waals surface area contributed by atoms with E-state index in [0.717, 1.165) is 5.92 Å². The quantitative estimate of drug-likeness (QED) is 0.760. The monoisotopic (exact) mass is 232 g/mol. The SMILES string of the molecule is CC.CC.CC.CNCC1CCC(N)CC1. The first-order valence-corrected chi connectivity index (χ1v) is 7.23. The first kappa shape index (κ1) is 21.2. The molecule has 0 aromatic heterocycles. The van der Waals surface area contributed by atoms with Crippen molar-refractivity contribution in [3.05, 3.63) is 0 Å². The van der Waals surface area contributed by atoms with Gasteiger partial charge in [-0.05, 0) is 45.2 Å². The van der Waals surface area contributed by atoms with Crippen LogP contribution in [0.15, 0.2) is 0 Å². The Labute approximate surface area is 104 Å². The van der Waals surface area contributed by atoms with E-state index in [-0.39, 0.29) is 0 Å². The third kappa shape index (κ3) is 13.9. The summed E-state index contributed by atoms with van der Waals surface area (Å²) in [4.78, 5) is 0. The van der Waals surface area contributed by atoms with Crippen LogP contribution in [0.2, 0.25) is 0 Å². The minimum Gasteiger partial charge on any atom is -0.328 e. The number of rotatable bonds is 2. The minimum absolute atomic E-state index is 0.494. The molecule has 0 unspecified atom stereocenters. The molecule has 0 amide bonds. The van der Waals surface area contributed by atoms with Crippen molar-refractivity contribution < 1.29 is 0 Å². The van der Waals surface area contributed by atoms with E-state index in [9.17, 15) is 0 Å². The highest BCUT2D eigenvalue weighted by Crippen LogP contribution is 2.21. The molecule has 0 spiro atoms. The molecule has 1 saturated carbocycles. The molecule has 1 aliphatic carbocycles. The zero-order valence-corrected chi connectivity index (χ0v) is 12.8. The zero-order chi connectivity index (χ0) is 13.4. The molecule has 0 aromatic carbocycles. The highest BCUT2D eigenvalue weighted by Gasteiger charge is 2.16. The second kappa shape index (κ2) is 20.3. The topological polar surface area (TPSA) is 38.0 Å². The van der Waals surface area contributed by atoms with Gasteiger partial charge in [0.25, 0.3) is 0 Å². The molecule has 1 fully saturated rings. The molecule has 0 saturated heterocycles. The van der Waals surface area contributed by atoms with E-state index < -0.39 is 0 Å². The van der Waals surface area contributed by atoms with E-state index in [1.807, 2.05) is 48.6 Å². The van der Waals surface area contributed by atoms with Gasteiger partial charge in [-0.15, -0.1) is 0 Å². The van der Waals surface area contributed by atoms with Crippen LogP contribution in [0.5, 0.6) is 0 Å². The van der Waals surface area contributed by atoms with E-state index in [1.165, 1.54) is 32.2 Å². The molecule has 2 nitrogen and oxygen atoms in total. The van der Waals surface area contributed by atoms with Crippen LogP contribution in [0, 0.1) is 5.92 Å². The van der Waals surface area contributed by atoms with Crippen LogP contribution in [-0.2, 0) is 0 Å². The third-order valence-electron chi connectivity index (χ3n) is 2.38. The van der Waals surface area contributed by atoms with Gasteiger partial charge in [0.1, 0.15) is 0 Å². The second-order valence-corrected chi connectivity index (χ2v) is 3.34. The van der Waals surface area contributed by atoms with Gasteiger partial charge in [0.05, 0.1) is 0 Å². The summed E-state index contributed by atoms with van der Waals surface area (Å²) in [7, 11) is 2.02. The molecule has 1 rings (SSSR count). The number of nitrogens with one attached hydrogen (secondary N) is 1. The van der Waals surface area contributed by atoms with Crippen LogP contribution in [0.25, 0.3) is 0 Å². The zero-order valence-electron chi connectivity index (χ0n) is 12.8. The Morgan fingerprint density at radius 1 is 0.875 bits per heavy atom. The van der Waals surface area contributed by atoms with Crippen molar-refractivity contribution in [1.82, 2.24) is 5.32 Å². The summed E-state index contributed by atoms with van der Waals surface area (Å²) in [6.45, 7) is 13.2. The first-order valence-electron chi connectivity index (χ1n) is 7.23. The fraction of sp³-hybridized carbons (Fsp3) is 1.00. The van der Waals surface area contributed by atoms with Gasteiger partial charge in [0, 0.05) is 6.04 Å². The van der Waals surface area contributed by atoms with E-state index in [1.54, 1.807) is 0 Å². The van der Waals surface area contributed by atoms with Crippen LogP contribution in [0.3, 0.4) is 0 Å². The summed E-state index contributed by atoms with van der Waals surface area (Å²) in [5.74, 6) is 0.893. The molecule has 1 aliphatic rings. The standard InChI is InChI=1S/C8H18N2.3C2H6/c1-10-6-7-2-4-8(9)5-3-7;3*1-2/h7-8,10H,2-6,9H2,1H3;3*1-2H3. The summed E-state index contributed by atoms with van der Waals surface area (Å²) < 4.78 is 0. The summed E-state index contributed by atoms with van der Waals surface area (Å²) in [6.07, 6.45) is 5.10. The smallest absolute Gasteiger partial charge is 0.00390 e. The Balaban J connectivity index is -0.000000245. The van der Waals surface area contributed by atoms with E-state index in [4.69, 9.17) is 5.73 Å². The van der Waals surface area contributed by atoms with E-state index >= 15 is 0 Å². The molecule has 0 aliphatic heterocycles. The maximum Gasteiger partial charge on any atom is 0.00390 e. The molecular weight excluding hydrogens is 196 g/mol. The van der Waals surface area contributed by atoms with Crippen molar-refractivity contribution in [3.8, 4) is 0 Å². The highest BCUT2D eigenvalue weighted by molar-refractivity contribution is 4.74. The highest BCUT2D eigenvalue weighted by atomic mass is 14.8. The van der Waals surface area contributed by atoms with Crippen LogP contribution in [-0.4, -0.2) is 19.6 Å². The van der Waals surface area contributed by atoms with Gasteiger partial charge in [-0.3, -0.25) is 0 Å². The van der Waals surface area contributed by atoms with Crippen LogP contribution >= 0.6 is 0 Å². The third-order valence-corrected chi connectivity index (χ3v) is 2.38. The lowest BCUT2D eigenvalue weighted by atomic mass is 9.86. The lowest BCUT2D eigenvalue weighted by Crippen LogP contribution is -2.30. The Morgan fingerprint density at radius 3 is 1.56 bits per heavy atom. The largest absolute Gasteiger partial charge is 0.328 e. The fourth-order valence-electron chi connectivity index (χ4n) is 1.68. The molecule has 0 bridgehead atoms. The molecule has 0 aromatic rings. The summed E-state index contributed by atoms with van der Waals surface area (Å²) >= 11 is 0. The molecule has 0 atom stereocenters. The van der Waals surface area contributed by atoms with Gasteiger partial charge in [-0.25, -0.2) is 0 Å². The van der Waals surface area contributed by atoms with Crippen molar-refractivity contribution in [2.45, 2.75) is 73.3 Å². The lowest BCUT2D eigenvalue weighted by Gasteiger charge is -2.25. The van der Waals surface area contributed by atoms with Crippen LogP contribution in [0.1, 0.15) is 67.2 Å². The predicted molar refractivity (Wildman–Crippen MR) is 77.9 cm³/mol. The molecule has 3 N–H and O–H groups in total. The van der Waals surface area contributed by atoms with Gasteiger partial charge in [0.15, 0.2) is 0 Å². The van der Waals surface area contributed by atoms with Crippen molar-refractivity contribution in [2.24, 2.45) is 11.7 Å². The maximum atomic E-state index is 5.77. The second-order valence-electron chi connectivity index (χ2n) is 3.34. The minimum atomic E-state index is 0.494. The predicted octanol–water partition coefficient (Wildman–Crippen LogP) is 3.80. The molecule has 2 heteroatoms. The van der Waals surface area contributed by atoms with Crippen molar-refractivity contribution in [3.63, 3.8) is 0 Å². The summed E-state index contributed by atoms with van der Waals surface area (Å²) in [5, 5.41) is 3.21. The van der Waals surface area contributed by atoms with E-state index in [2.05, 4.69) is 5.32 Å². The van der Waals surface area contributed by atoms with Gasteiger partial charge in [-0.2, -0.15) is 0 Å². The van der Waals surface area contributed by atoms with Crippen LogP contribution in [0.4, 0.5) is 0 Å². The number of nitrogens with two attached hydrogens (primary N) is 1. The number of hydrogen-bond acceptors (Lipinski definition) is 2. The van der Waals surface area contributed by atoms with Gasteiger partial charge >= 0.3 is 0 Å². The van der Waals surface area contributed by atoms with E-state index in [0.29, 0.717) is 6.04 Å². The van der Waals surface area contributed by atoms with Gasteiger partial charge in [-0.1, -0.05) is 41.5 Å². The Bertz CT molecular complexity index is 86.7. The number of hydrogen-bond donors (Lipinski definition) is 2. The van der Waals surface area contributed by atoms with Crippen LogP contribution < -0.4 is 11.1 Å². The van der Waals surface area contributed by atoms with Crippen molar-refractivity contribution in [1.29, 1.82) is 0 Å². The summed E-state index contributed by atoms with van der Waals surface area (Å²) in [5.41, 5.74) is 5.77. The molecule has 0 radical (unpaired) electrons. The molecule has 102 valence electrons. The maximum absolute atomic E-state index is 5.77. The average Bonchev–Trinajstić information content (AvgIpc) is 2.40. The van der Waals surface area contributed by atoms with Crippen molar-refractivity contribution in [2.75, 3.05) is 13.6 Å². The van der Waals surface area contributed by atoms with Crippen molar-refractivity contribution >= 4 is 0 Å².